The summed E-state index contributed by atoms with van der Waals surface area (Å²) >= 11 is 0. The van der Waals surface area contributed by atoms with E-state index in [9.17, 15) is 0 Å². The van der Waals surface area contributed by atoms with Gasteiger partial charge in [0.15, 0.2) is 0 Å². The molecule has 1 rings (SSSR count). The van der Waals surface area contributed by atoms with Gasteiger partial charge < -0.3 is 10.6 Å². The first-order valence-corrected chi connectivity index (χ1v) is 8.16. The molecule has 19 heavy (non-hydrogen) atoms. The molecule has 0 heterocycles. The minimum Gasteiger partial charge on any atom is -0.312 e. The highest BCUT2D eigenvalue weighted by Gasteiger charge is 2.22. The first-order valence-electron chi connectivity index (χ1n) is 8.16. The largest absolute Gasteiger partial charge is 0.312 e. The van der Waals surface area contributed by atoms with Crippen molar-refractivity contribution in [2.75, 3.05) is 13.1 Å². The summed E-state index contributed by atoms with van der Waals surface area (Å²) in [7, 11) is 0. The fourth-order valence-corrected chi connectivity index (χ4v) is 2.83. The Balaban J connectivity index is 2.12. The average Bonchev–Trinajstić information content (AvgIpc) is 2.25. The van der Waals surface area contributed by atoms with Crippen molar-refractivity contribution in [3.63, 3.8) is 0 Å². The zero-order valence-electron chi connectivity index (χ0n) is 14.1. The van der Waals surface area contributed by atoms with Crippen LogP contribution in [0.3, 0.4) is 0 Å². The normalized spacial score (nSPS) is 25.6. The van der Waals surface area contributed by atoms with E-state index in [0.717, 1.165) is 11.8 Å². The van der Waals surface area contributed by atoms with E-state index in [1.165, 1.54) is 45.2 Å². The minimum atomic E-state index is 0.271. The zero-order valence-corrected chi connectivity index (χ0v) is 14.1. The smallest absolute Gasteiger partial charge is 0.00966 e. The molecular weight excluding hydrogens is 232 g/mol. The van der Waals surface area contributed by atoms with Gasteiger partial charge in [-0.1, -0.05) is 12.8 Å². The maximum absolute atomic E-state index is 3.66. The maximum Gasteiger partial charge on any atom is 0.00966 e. The Morgan fingerprint density at radius 3 is 1.68 bits per heavy atom. The van der Waals surface area contributed by atoms with Gasteiger partial charge in [0.1, 0.15) is 0 Å². The Bertz CT molecular complexity index is 239. The fourth-order valence-electron chi connectivity index (χ4n) is 2.83. The van der Waals surface area contributed by atoms with Crippen LogP contribution in [0.15, 0.2) is 0 Å². The van der Waals surface area contributed by atoms with E-state index in [-0.39, 0.29) is 11.1 Å². The number of nitrogens with one attached hydrogen (secondary N) is 2. The standard InChI is InChI=1S/C17H36N2/c1-16(2,3)18-12-11-14-7-9-15(10-8-14)13-19-17(4,5)6/h14-15,18-19H,7-13H2,1-6H3. The molecule has 2 N–H and O–H groups in total. The lowest BCUT2D eigenvalue weighted by Crippen LogP contribution is -2.40. The molecule has 0 saturated heterocycles. The summed E-state index contributed by atoms with van der Waals surface area (Å²) in [5, 5.41) is 7.27. The molecule has 0 unspecified atom stereocenters. The second kappa shape index (κ2) is 7.08. The topological polar surface area (TPSA) is 24.1 Å². The number of hydrogen-bond donors (Lipinski definition) is 2. The number of rotatable bonds is 5. The van der Waals surface area contributed by atoms with Gasteiger partial charge in [-0.3, -0.25) is 0 Å². The summed E-state index contributed by atoms with van der Waals surface area (Å²) in [5.41, 5.74) is 0.543. The van der Waals surface area contributed by atoms with Crippen molar-refractivity contribution >= 4 is 0 Å². The van der Waals surface area contributed by atoms with E-state index in [1.807, 2.05) is 0 Å². The molecule has 0 radical (unpaired) electrons. The molecule has 0 spiro atoms. The molecule has 114 valence electrons. The summed E-state index contributed by atoms with van der Waals surface area (Å²) in [6.45, 7) is 15.9. The molecule has 1 fully saturated rings. The van der Waals surface area contributed by atoms with Gasteiger partial charge >= 0.3 is 0 Å². The van der Waals surface area contributed by atoms with Gasteiger partial charge in [0, 0.05) is 11.1 Å². The summed E-state index contributed by atoms with van der Waals surface area (Å²) in [6.07, 6.45) is 7.06. The molecule has 2 heteroatoms. The summed E-state index contributed by atoms with van der Waals surface area (Å²) in [6, 6.07) is 0. The first-order chi connectivity index (χ1) is 8.66. The third-order valence-electron chi connectivity index (χ3n) is 4.10. The molecule has 0 aromatic rings. The van der Waals surface area contributed by atoms with Crippen LogP contribution < -0.4 is 10.6 Å². The first kappa shape index (κ1) is 17.0. The average molecular weight is 268 g/mol. The summed E-state index contributed by atoms with van der Waals surface area (Å²) in [5.74, 6) is 1.87. The second-order valence-corrected chi connectivity index (χ2v) is 8.48. The van der Waals surface area contributed by atoms with E-state index in [1.54, 1.807) is 0 Å². The van der Waals surface area contributed by atoms with Crippen LogP contribution in [0.4, 0.5) is 0 Å². The molecule has 0 aromatic carbocycles. The van der Waals surface area contributed by atoms with Crippen molar-refractivity contribution in [1.82, 2.24) is 10.6 Å². The Labute approximate surface area is 121 Å². The Kier molecular flexibility index (Phi) is 6.32. The summed E-state index contributed by atoms with van der Waals surface area (Å²) < 4.78 is 0. The van der Waals surface area contributed by atoms with Gasteiger partial charge in [-0.2, -0.15) is 0 Å². The Hall–Kier alpha value is -0.0800. The molecule has 0 bridgehead atoms. The van der Waals surface area contributed by atoms with Crippen LogP contribution in [0.25, 0.3) is 0 Å². The molecule has 1 aliphatic carbocycles. The highest BCUT2D eigenvalue weighted by molar-refractivity contribution is 4.79. The van der Waals surface area contributed by atoms with Crippen molar-refractivity contribution in [3.05, 3.63) is 0 Å². The molecular formula is C17H36N2. The van der Waals surface area contributed by atoms with Crippen molar-refractivity contribution in [3.8, 4) is 0 Å². The highest BCUT2D eigenvalue weighted by atomic mass is 14.9. The fraction of sp³-hybridized carbons (Fsp3) is 1.00. The van der Waals surface area contributed by atoms with Crippen LogP contribution in [-0.4, -0.2) is 24.2 Å². The van der Waals surface area contributed by atoms with Crippen LogP contribution in [0.2, 0.25) is 0 Å². The predicted molar refractivity (Wildman–Crippen MR) is 85.6 cm³/mol. The van der Waals surface area contributed by atoms with Crippen molar-refractivity contribution in [2.24, 2.45) is 11.8 Å². The lowest BCUT2D eigenvalue weighted by atomic mass is 9.80. The van der Waals surface area contributed by atoms with Gasteiger partial charge in [0.2, 0.25) is 0 Å². The van der Waals surface area contributed by atoms with Crippen LogP contribution in [0.1, 0.15) is 73.6 Å². The lowest BCUT2D eigenvalue weighted by Gasteiger charge is -2.32. The van der Waals surface area contributed by atoms with Crippen LogP contribution in [0.5, 0.6) is 0 Å². The molecule has 0 atom stereocenters. The molecule has 1 saturated carbocycles. The predicted octanol–water partition coefficient (Wildman–Crippen LogP) is 3.96. The maximum atomic E-state index is 3.66. The van der Waals surface area contributed by atoms with Crippen molar-refractivity contribution in [2.45, 2.75) is 84.7 Å². The molecule has 1 aliphatic rings. The molecule has 2 nitrogen and oxygen atoms in total. The van der Waals surface area contributed by atoms with Gasteiger partial charge in [-0.05, 0) is 85.7 Å². The van der Waals surface area contributed by atoms with Crippen molar-refractivity contribution in [1.29, 1.82) is 0 Å². The van der Waals surface area contributed by atoms with E-state index in [4.69, 9.17) is 0 Å². The quantitative estimate of drug-likeness (QED) is 0.788. The molecule has 0 aromatic heterocycles. The van der Waals surface area contributed by atoms with Crippen LogP contribution >= 0.6 is 0 Å². The highest BCUT2D eigenvalue weighted by Crippen LogP contribution is 2.30. The second-order valence-electron chi connectivity index (χ2n) is 8.48. The Morgan fingerprint density at radius 2 is 1.21 bits per heavy atom. The number of hydrogen-bond acceptors (Lipinski definition) is 2. The minimum absolute atomic E-state index is 0.271. The van der Waals surface area contributed by atoms with Gasteiger partial charge in [-0.15, -0.1) is 0 Å². The van der Waals surface area contributed by atoms with Gasteiger partial charge in [0.05, 0.1) is 0 Å². The van der Waals surface area contributed by atoms with E-state index in [0.29, 0.717) is 0 Å². The third-order valence-corrected chi connectivity index (χ3v) is 4.10. The SMILES string of the molecule is CC(C)(C)NCCC1CCC(CNC(C)(C)C)CC1. The van der Waals surface area contributed by atoms with E-state index in [2.05, 4.69) is 52.2 Å². The van der Waals surface area contributed by atoms with Crippen LogP contribution in [-0.2, 0) is 0 Å². The van der Waals surface area contributed by atoms with E-state index < -0.39 is 0 Å². The van der Waals surface area contributed by atoms with Gasteiger partial charge in [-0.25, -0.2) is 0 Å². The van der Waals surface area contributed by atoms with Gasteiger partial charge in [0.25, 0.3) is 0 Å². The molecule has 0 amide bonds. The van der Waals surface area contributed by atoms with Crippen molar-refractivity contribution < 1.29 is 0 Å². The van der Waals surface area contributed by atoms with Crippen LogP contribution in [0, 0.1) is 11.8 Å². The summed E-state index contributed by atoms with van der Waals surface area (Å²) in [4.78, 5) is 0. The molecule has 0 aliphatic heterocycles. The Morgan fingerprint density at radius 1 is 0.737 bits per heavy atom. The monoisotopic (exact) mass is 268 g/mol. The lowest BCUT2D eigenvalue weighted by molar-refractivity contribution is 0.237. The van der Waals surface area contributed by atoms with E-state index >= 15 is 0 Å². The third kappa shape index (κ3) is 8.65. The zero-order chi connectivity index (χ0) is 14.5.